The first kappa shape index (κ1) is 23.7. The van der Waals surface area contributed by atoms with Crippen LogP contribution in [0.5, 0.6) is 0 Å². The first-order chi connectivity index (χ1) is 16.1. The number of rotatable bonds is 4. The largest absolute Gasteiger partial charge is 0.460 e. The van der Waals surface area contributed by atoms with Gasteiger partial charge in [0.05, 0.1) is 46.1 Å². The number of halogens is 2. The standard InChI is InChI=1S/C22H19Cl2N5O5/c1-4-34-21(32)18-25-9-17(27(18)3)29-20(31)13-7-11(2)28(10-16(13)26-22(29)33)19(30)12-5-6-14(23)15(24)8-12/h5-6,8-9H,4,7,10H2,1-3H3/p+1. The van der Waals surface area contributed by atoms with Gasteiger partial charge in [0.25, 0.3) is 5.56 Å². The van der Waals surface area contributed by atoms with Crippen molar-refractivity contribution in [3.8, 4) is 5.82 Å². The number of benzene rings is 1. The van der Waals surface area contributed by atoms with E-state index in [0.717, 1.165) is 4.57 Å². The normalized spacial score (nSPS) is 13.1. The predicted octanol–water partition coefficient (Wildman–Crippen LogP) is 2.11. The van der Waals surface area contributed by atoms with Crippen LogP contribution in [0.2, 0.25) is 10.0 Å². The minimum absolute atomic E-state index is 0.00499. The Morgan fingerprint density at radius 3 is 2.65 bits per heavy atom. The highest BCUT2D eigenvalue weighted by molar-refractivity contribution is 6.42. The molecular weight excluding hydrogens is 485 g/mol. The van der Waals surface area contributed by atoms with Crippen molar-refractivity contribution in [3.63, 3.8) is 0 Å². The molecule has 0 saturated heterocycles. The number of carbonyl (C=O) groups is 2. The van der Waals surface area contributed by atoms with Gasteiger partial charge in [0.15, 0.2) is 12.3 Å². The summed E-state index contributed by atoms with van der Waals surface area (Å²) in [6, 6.07) is 4.56. The highest BCUT2D eigenvalue weighted by Crippen LogP contribution is 2.23. The molecule has 1 aromatic carbocycles. The lowest BCUT2D eigenvalue weighted by Gasteiger charge is -2.16. The Morgan fingerprint density at radius 2 is 1.97 bits per heavy atom. The lowest BCUT2D eigenvalue weighted by molar-refractivity contribution is -0.450. The van der Waals surface area contributed by atoms with Crippen LogP contribution in [0, 0.1) is 0 Å². The molecule has 34 heavy (non-hydrogen) atoms. The topological polar surface area (TPSA) is 119 Å². The van der Waals surface area contributed by atoms with E-state index in [1.807, 2.05) is 0 Å². The Balaban J connectivity index is 1.74. The van der Waals surface area contributed by atoms with E-state index in [-0.39, 0.29) is 42.1 Å². The summed E-state index contributed by atoms with van der Waals surface area (Å²) in [7, 11) is 1.51. The van der Waals surface area contributed by atoms with Gasteiger partial charge in [0.2, 0.25) is 5.82 Å². The SMILES string of the molecule is CCOC(=O)c1ncc(-n2c(=O)[nH]c3c(c2=O)CC(C)=[N+](C(=O)c2ccc(Cl)c(Cl)c2)C3)n1C. The second-order valence-corrected chi connectivity index (χ2v) is 8.49. The monoisotopic (exact) mass is 504 g/mol. The molecule has 2 aromatic heterocycles. The van der Waals surface area contributed by atoms with Gasteiger partial charge in [-0.15, -0.1) is 0 Å². The summed E-state index contributed by atoms with van der Waals surface area (Å²) in [6.07, 6.45) is 1.40. The molecule has 3 aromatic rings. The number of amides is 1. The zero-order valence-corrected chi connectivity index (χ0v) is 20.0. The maximum atomic E-state index is 13.3. The first-order valence-corrected chi connectivity index (χ1v) is 11.0. The highest BCUT2D eigenvalue weighted by atomic mass is 35.5. The number of fused-ring (bicyclic) bond motifs is 1. The minimum Gasteiger partial charge on any atom is -0.460 e. The van der Waals surface area contributed by atoms with Gasteiger partial charge in [-0.25, -0.2) is 23.9 Å². The molecule has 176 valence electrons. The maximum absolute atomic E-state index is 13.3. The molecule has 1 N–H and O–H groups in total. The Labute approximate surface area is 203 Å². The average molecular weight is 505 g/mol. The van der Waals surface area contributed by atoms with E-state index < -0.39 is 17.2 Å². The van der Waals surface area contributed by atoms with Crippen molar-refractivity contribution in [3.05, 3.63) is 77.9 Å². The number of carbonyl (C=O) groups excluding carboxylic acids is 2. The van der Waals surface area contributed by atoms with Crippen molar-refractivity contribution >= 4 is 40.8 Å². The van der Waals surface area contributed by atoms with E-state index in [9.17, 15) is 19.2 Å². The van der Waals surface area contributed by atoms with E-state index in [0.29, 0.717) is 27.6 Å². The van der Waals surface area contributed by atoms with Crippen LogP contribution in [0.15, 0.2) is 34.0 Å². The van der Waals surface area contributed by atoms with Crippen LogP contribution in [0.4, 0.5) is 0 Å². The fourth-order valence-electron chi connectivity index (χ4n) is 3.81. The number of hydrogen-bond donors (Lipinski definition) is 1. The molecule has 0 radical (unpaired) electrons. The number of esters is 1. The molecule has 0 unspecified atom stereocenters. The summed E-state index contributed by atoms with van der Waals surface area (Å²) < 4.78 is 8.67. The maximum Gasteiger partial charge on any atom is 0.419 e. The summed E-state index contributed by atoms with van der Waals surface area (Å²) in [5, 5.41) is 0.575. The van der Waals surface area contributed by atoms with Crippen LogP contribution >= 0.6 is 23.2 Å². The van der Waals surface area contributed by atoms with Crippen LogP contribution in [0.25, 0.3) is 5.82 Å². The fraction of sp³-hybridized carbons (Fsp3) is 0.273. The number of imidazole rings is 1. The number of nitrogens with one attached hydrogen (secondary N) is 1. The molecule has 0 saturated carbocycles. The lowest BCUT2D eigenvalue weighted by atomic mass is 10.0. The minimum atomic E-state index is -0.719. The van der Waals surface area contributed by atoms with Gasteiger partial charge in [-0.05, 0) is 25.1 Å². The van der Waals surface area contributed by atoms with Crippen LogP contribution in [0.1, 0.15) is 46.1 Å². The molecule has 0 atom stereocenters. The number of aromatic amines is 1. The second kappa shape index (κ2) is 9.03. The molecular formula is C22H20Cl2N5O5+. The van der Waals surface area contributed by atoms with Crippen molar-refractivity contribution in [1.82, 2.24) is 19.1 Å². The quantitative estimate of drug-likeness (QED) is 0.429. The Kier molecular flexibility index (Phi) is 6.28. The van der Waals surface area contributed by atoms with Crippen molar-refractivity contribution in [2.45, 2.75) is 26.8 Å². The van der Waals surface area contributed by atoms with Gasteiger partial charge >= 0.3 is 17.6 Å². The van der Waals surface area contributed by atoms with Crippen molar-refractivity contribution in [2.75, 3.05) is 6.61 Å². The summed E-state index contributed by atoms with van der Waals surface area (Å²) in [5.41, 5.74) is 0.347. The van der Waals surface area contributed by atoms with Crippen LogP contribution < -0.4 is 11.2 Å². The summed E-state index contributed by atoms with van der Waals surface area (Å²) in [4.78, 5) is 58.0. The third kappa shape index (κ3) is 3.99. The molecule has 12 heteroatoms. The Hall–Kier alpha value is -3.50. The third-order valence-electron chi connectivity index (χ3n) is 5.56. The van der Waals surface area contributed by atoms with Crippen LogP contribution in [0.3, 0.4) is 0 Å². The van der Waals surface area contributed by atoms with Gasteiger partial charge < -0.3 is 14.3 Å². The highest BCUT2D eigenvalue weighted by Gasteiger charge is 2.33. The second-order valence-electron chi connectivity index (χ2n) is 7.68. The fourth-order valence-corrected chi connectivity index (χ4v) is 4.11. The lowest BCUT2D eigenvalue weighted by Crippen LogP contribution is -2.43. The Bertz CT molecular complexity index is 1500. The molecule has 1 amide bonds. The van der Waals surface area contributed by atoms with E-state index in [1.165, 1.54) is 34.5 Å². The van der Waals surface area contributed by atoms with Gasteiger partial charge in [-0.3, -0.25) is 4.79 Å². The Morgan fingerprint density at radius 1 is 1.24 bits per heavy atom. The van der Waals surface area contributed by atoms with Gasteiger partial charge in [0.1, 0.15) is 5.82 Å². The number of H-pyrrole nitrogens is 1. The summed E-state index contributed by atoms with van der Waals surface area (Å²) in [6.45, 7) is 3.56. The molecule has 1 aliphatic rings. The molecule has 10 nitrogen and oxygen atoms in total. The van der Waals surface area contributed by atoms with Crippen molar-refractivity contribution < 1.29 is 18.9 Å². The van der Waals surface area contributed by atoms with Gasteiger partial charge in [-0.2, -0.15) is 4.58 Å². The smallest absolute Gasteiger partial charge is 0.419 e. The molecule has 3 heterocycles. The summed E-state index contributed by atoms with van der Waals surface area (Å²) in [5.74, 6) is -0.928. The number of hydrogen-bond acceptors (Lipinski definition) is 6. The molecule has 0 fully saturated rings. The first-order valence-electron chi connectivity index (χ1n) is 10.3. The van der Waals surface area contributed by atoms with Gasteiger partial charge in [0, 0.05) is 14.0 Å². The van der Waals surface area contributed by atoms with Crippen molar-refractivity contribution in [1.29, 1.82) is 0 Å². The average Bonchev–Trinajstić information content (AvgIpc) is 3.16. The zero-order valence-electron chi connectivity index (χ0n) is 18.5. The molecule has 0 spiro atoms. The van der Waals surface area contributed by atoms with E-state index in [2.05, 4.69) is 9.97 Å². The molecule has 4 rings (SSSR count). The zero-order chi connectivity index (χ0) is 24.7. The molecule has 1 aliphatic heterocycles. The van der Waals surface area contributed by atoms with E-state index in [4.69, 9.17) is 27.9 Å². The predicted molar refractivity (Wildman–Crippen MR) is 125 cm³/mol. The molecule has 0 aliphatic carbocycles. The van der Waals surface area contributed by atoms with E-state index in [1.54, 1.807) is 19.9 Å². The van der Waals surface area contributed by atoms with Crippen LogP contribution in [-0.4, -0.2) is 47.9 Å². The van der Waals surface area contributed by atoms with Crippen LogP contribution in [-0.2, 0) is 24.8 Å². The third-order valence-corrected chi connectivity index (χ3v) is 6.30. The number of aromatic nitrogens is 4. The number of nitrogens with zero attached hydrogens (tertiary/aromatic N) is 4. The summed E-state index contributed by atoms with van der Waals surface area (Å²) >= 11 is 12.0. The van der Waals surface area contributed by atoms with Gasteiger partial charge in [-0.1, -0.05) is 23.2 Å². The van der Waals surface area contributed by atoms with E-state index >= 15 is 0 Å². The van der Waals surface area contributed by atoms with Crippen molar-refractivity contribution in [2.24, 2.45) is 7.05 Å². The number of ether oxygens (including phenoxy) is 1. The molecule has 0 bridgehead atoms.